The first-order valence-corrected chi connectivity index (χ1v) is 7.74. The van der Waals surface area contributed by atoms with Crippen LogP contribution < -0.4 is 9.47 Å². The van der Waals surface area contributed by atoms with E-state index in [1.54, 1.807) is 6.07 Å². The summed E-state index contributed by atoms with van der Waals surface area (Å²) >= 11 is 0. The molecular weight excluding hydrogens is 328 g/mol. The van der Waals surface area contributed by atoms with Crippen LogP contribution in [-0.4, -0.2) is 59.7 Å². The average molecular weight is 344 g/mol. The van der Waals surface area contributed by atoms with E-state index in [2.05, 4.69) is 6.58 Å². The zero-order chi connectivity index (χ0) is 18.0. The fraction of sp³-hybridized carbons (Fsp3) is 0.294. The number of ketones is 1. The van der Waals surface area contributed by atoms with Gasteiger partial charge in [-0.25, -0.2) is 9.69 Å². The van der Waals surface area contributed by atoms with Crippen molar-refractivity contribution in [2.75, 3.05) is 26.3 Å². The molecule has 8 nitrogen and oxygen atoms in total. The number of benzene rings is 1. The minimum atomic E-state index is -1.02. The standard InChI is InChI=1S/C17H16N2O6/c1-2-6-18-15(21)16(22)19(17(18)23)10-12(20)11-4-5-13-14(9-11)25-8-3-7-24-13/h2,4-5,9H,1,3,6-8,10H2. The van der Waals surface area contributed by atoms with Crippen LogP contribution >= 0.6 is 0 Å². The third-order valence-corrected chi connectivity index (χ3v) is 3.82. The molecule has 1 aromatic carbocycles. The number of Topliss-reactive ketones (excluding diaryl/α,β-unsaturated/α-hetero) is 1. The molecular formula is C17H16N2O6. The van der Waals surface area contributed by atoms with E-state index in [9.17, 15) is 19.2 Å². The van der Waals surface area contributed by atoms with Gasteiger partial charge in [-0.05, 0) is 18.2 Å². The average Bonchev–Trinajstić information content (AvgIpc) is 2.80. The summed E-state index contributed by atoms with van der Waals surface area (Å²) in [6.07, 6.45) is 2.06. The van der Waals surface area contributed by atoms with Crippen molar-refractivity contribution in [1.29, 1.82) is 0 Å². The van der Waals surface area contributed by atoms with Gasteiger partial charge in [-0.3, -0.25) is 19.3 Å². The molecule has 25 heavy (non-hydrogen) atoms. The van der Waals surface area contributed by atoms with Gasteiger partial charge in [0.05, 0.1) is 19.8 Å². The summed E-state index contributed by atoms with van der Waals surface area (Å²) < 4.78 is 11.0. The van der Waals surface area contributed by atoms with Crippen molar-refractivity contribution in [3.63, 3.8) is 0 Å². The fourth-order valence-electron chi connectivity index (χ4n) is 2.55. The quantitative estimate of drug-likeness (QED) is 0.342. The van der Waals surface area contributed by atoms with E-state index in [1.165, 1.54) is 18.2 Å². The minimum absolute atomic E-state index is 0.0852. The van der Waals surface area contributed by atoms with Crippen molar-refractivity contribution in [3.8, 4) is 11.5 Å². The molecule has 0 radical (unpaired) electrons. The molecule has 0 unspecified atom stereocenters. The van der Waals surface area contributed by atoms with Gasteiger partial charge in [0.25, 0.3) is 0 Å². The van der Waals surface area contributed by atoms with Crippen molar-refractivity contribution in [3.05, 3.63) is 36.4 Å². The van der Waals surface area contributed by atoms with E-state index >= 15 is 0 Å². The molecule has 0 saturated carbocycles. The first kappa shape index (κ1) is 16.7. The van der Waals surface area contributed by atoms with Crippen molar-refractivity contribution in [1.82, 2.24) is 9.80 Å². The van der Waals surface area contributed by atoms with Gasteiger partial charge in [-0.1, -0.05) is 6.08 Å². The lowest BCUT2D eigenvalue weighted by Gasteiger charge is -2.14. The second-order valence-corrected chi connectivity index (χ2v) is 5.51. The van der Waals surface area contributed by atoms with Crippen LogP contribution in [0.3, 0.4) is 0 Å². The molecule has 0 aromatic heterocycles. The second-order valence-electron chi connectivity index (χ2n) is 5.51. The van der Waals surface area contributed by atoms with E-state index in [-0.39, 0.29) is 12.1 Å². The van der Waals surface area contributed by atoms with E-state index in [4.69, 9.17) is 9.47 Å². The van der Waals surface area contributed by atoms with Gasteiger partial charge in [-0.2, -0.15) is 0 Å². The van der Waals surface area contributed by atoms with Crippen LogP contribution in [0.25, 0.3) is 0 Å². The maximum Gasteiger partial charge on any atom is 0.334 e. The summed E-state index contributed by atoms with van der Waals surface area (Å²) in [4.78, 5) is 49.7. The molecule has 2 heterocycles. The molecule has 3 rings (SSSR count). The highest BCUT2D eigenvalue weighted by Gasteiger charge is 2.44. The third-order valence-electron chi connectivity index (χ3n) is 3.82. The maximum atomic E-state index is 12.4. The molecule has 4 amide bonds. The van der Waals surface area contributed by atoms with Crippen molar-refractivity contribution in [2.24, 2.45) is 0 Å². The van der Waals surface area contributed by atoms with Crippen LogP contribution in [0.4, 0.5) is 4.79 Å². The van der Waals surface area contributed by atoms with Crippen LogP contribution in [0.2, 0.25) is 0 Å². The van der Waals surface area contributed by atoms with Gasteiger partial charge >= 0.3 is 17.8 Å². The Bertz CT molecular complexity index is 772. The van der Waals surface area contributed by atoms with Gasteiger partial charge in [-0.15, -0.1) is 6.58 Å². The summed E-state index contributed by atoms with van der Waals surface area (Å²) in [5.74, 6) is -1.49. The Morgan fingerprint density at radius 3 is 2.48 bits per heavy atom. The maximum absolute atomic E-state index is 12.4. The molecule has 0 N–H and O–H groups in total. The molecule has 0 spiro atoms. The van der Waals surface area contributed by atoms with E-state index in [0.29, 0.717) is 29.6 Å². The van der Waals surface area contributed by atoms with Gasteiger partial charge < -0.3 is 9.47 Å². The van der Waals surface area contributed by atoms with Crippen LogP contribution in [-0.2, 0) is 9.59 Å². The van der Waals surface area contributed by atoms with Crippen molar-refractivity contribution in [2.45, 2.75) is 6.42 Å². The molecule has 1 saturated heterocycles. The van der Waals surface area contributed by atoms with Crippen molar-refractivity contribution < 1.29 is 28.7 Å². The van der Waals surface area contributed by atoms with Crippen LogP contribution in [0, 0.1) is 0 Å². The number of imide groups is 2. The number of hydrogen-bond donors (Lipinski definition) is 0. The first-order chi connectivity index (χ1) is 12.0. The zero-order valence-corrected chi connectivity index (χ0v) is 13.4. The summed E-state index contributed by atoms with van der Waals surface area (Å²) in [5, 5.41) is 0. The number of carbonyl (C=O) groups is 4. The predicted octanol–water partition coefficient (Wildman–Crippen LogP) is 1.01. The number of carbonyl (C=O) groups excluding carboxylic acids is 4. The highest BCUT2D eigenvalue weighted by atomic mass is 16.5. The van der Waals surface area contributed by atoms with Gasteiger partial charge in [0, 0.05) is 18.5 Å². The van der Waals surface area contributed by atoms with Gasteiger partial charge in [0.15, 0.2) is 17.3 Å². The Labute approximate surface area is 143 Å². The summed E-state index contributed by atoms with van der Waals surface area (Å²) in [6, 6.07) is 3.83. The molecule has 0 atom stereocenters. The Balaban J connectivity index is 1.77. The second kappa shape index (κ2) is 6.76. The molecule has 8 heteroatoms. The molecule has 2 aliphatic rings. The van der Waals surface area contributed by atoms with Crippen LogP contribution in [0.5, 0.6) is 11.5 Å². The fourth-order valence-corrected chi connectivity index (χ4v) is 2.55. The Morgan fingerprint density at radius 1 is 1.08 bits per heavy atom. The summed E-state index contributed by atoms with van der Waals surface area (Å²) in [6.45, 7) is 3.83. The number of ether oxygens (including phenoxy) is 2. The SMILES string of the molecule is C=CCN1C(=O)C(=O)N(CC(=O)c2ccc3c(c2)OCCCO3)C1=O. The van der Waals surface area contributed by atoms with Crippen LogP contribution in [0.1, 0.15) is 16.8 Å². The van der Waals surface area contributed by atoms with E-state index < -0.39 is 30.2 Å². The lowest BCUT2D eigenvalue weighted by Crippen LogP contribution is -2.37. The minimum Gasteiger partial charge on any atom is -0.490 e. The van der Waals surface area contributed by atoms with E-state index in [0.717, 1.165) is 11.3 Å². The topological polar surface area (TPSA) is 93.2 Å². The lowest BCUT2D eigenvalue weighted by molar-refractivity contribution is -0.142. The monoisotopic (exact) mass is 344 g/mol. The molecule has 1 aromatic rings. The highest BCUT2D eigenvalue weighted by molar-refractivity contribution is 6.45. The zero-order valence-electron chi connectivity index (χ0n) is 13.4. The largest absolute Gasteiger partial charge is 0.490 e. The molecule has 2 aliphatic heterocycles. The summed E-state index contributed by atoms with van der Waals surface area (Å²) in [7, 11) is 0. The molecule has 1 fully saturated rings. The van der Waals surface area contributed by atoms with Crippen molar-refractivity contribution >= 4 is 23.6 Å². The number of rotatable bonds is 5. The molecule has 0 aliphatic carbocycles. The molecule has 0 bridgehead atoms. The Hall–Kier alpha value is -3.16. The first-order valence-electron chi connectivity index (χ1n) is 7.74. The predicted molar refractivity (Wildman–Crippen MR) is 85.4 cm³/mol. The lowest BCUT2D eigenvalue weighted by atomic mass is 10.1. The van der Waals surface area contributed by atoms with E-state index in [1.807, 2.05) is 0 Å². The number of amides is 4. The number of fused-ring (bicyclic) bond motifs is 1. The number of nitrogens with zero attached hydrogens (tertiary/aromatic N) is 2. The summed E-state index contributed by atoms with van der Waals surface area (Å²) in [5.41, 5.74) is 0.263. The van der Waals surface area contributed by atoms with Gasteiger partial charge in [0.1, 0.15) is 0 Å². The molecule has 130 valence electrons. The third kappa shape index (κ3) is 3.10. The van der Waals surface area contributed by atoms with Gasteiger partial charge in [0.2, 0.25) is 0 Å². The number of hydrogen-bond acceptors (Lipinski definition) is 6. The highest BCUT2D eigenvalue weighted by Crippen LogP contribution is 2.30. The Kier molecular flexibility index (Phi) is 4.51. The smallest absolute Gasteiger partial charge is 0.334 e. The normalized spacial score (nSPS) is 16.9. The van der Waals surface area contributed by atoms with Crippen LogP contribution in [0.15, 0.2) is 30.9 Å². The number of urea groups is 1. The Morgan fingerprint density at radius 2 is 1.76 bits per heavy atom.